The molecule has 1 aliphatic rings. The summed E-state index contributed by atoms with van der Waals surface area (Å²) in [4.78, 5) is 10.9. The van der Waals surface area contributed by atoms with Gasteiger partial charge in [0.25, 0.3) is 0 Å². The van der Waals surface area contributed by atoms with Crippen molar-refractivity contribution in [3.8, 4) is 0 Å². The van der Waals surface area contributed by atoms with E-state index in [2.05, 4.69) is 5.32 Å². The van der Waals surface area contributed by atoms with Crippen LogP contribution in [0, 0.1) is 0 Å². The number of hydrogen-bond acceptors (Lipinski definition) is 3. The lowest BCUT2D eigenvalue weighted by atomic mass is 10.1. The summed E-state index contributed by atoms with van der Waals surface area (Å²) < 4.78 is 5.38. The van der Waals surface area contributed by atoms with Gasteiger partial charge in [0.15, 0.2) is 0 Å². The van der Waals surface area contributed by atoms with E-state index >= 15 is 0 Å². The molecule has 4 heteroatoms. The minimum atomic E-state index is -0.0488. The van der Waals surface area contributed by atoms with Gasteiger partial charge in [0.2, 0.25) is 5.91 Å². The summed E-state index contributed by atoms with van der Waals surface area (Å²) in [7, 11) is 0. The fourth-order valence-electron chi connectivity index (χ4n) is 1.63. The Hall–Kier alpha value is -1.55. The molecule has 4 nitrogen and oxygen atoms in total. The molecule has 0 radical (unpaired) electrons. The van der Waals surface area contributed by atoms with Crippen molar-refractivity contribution >= 4 is 11.6 Å². The van der Waals surface area contributed by atoms with Gasteiger partial charge in [0.1, 0.15) is 6.61 Å². The molecule has 2 rings (SSSR count). The van der Waals surface area contributed by atoms with Crippen LogP contribution in [0.1, 0.15) is 5.56 Å². The van der Waals surface area contributed by atoms with Gasteiger partial charge in [-0.25, -0.2) is 0 Å². The van der Waals surface area contributed by atoms with Crippen LogP contribution in [0.15, 0.2) is 24.3 Å². The molecular weight excluding hydrogens is 192 g/mol. The van der Waals surface area contributed by atoms with Crippen LogP contribution in [0.25, 0.3) is 0 Å². The number of rotatable bonds is 2. The second-order valence-electron chi connectivity index (χ2n) is 3.64. The molecule has 1 aliphatic heterocycles. The first-order valence-electron chi connectivity index (χ1n) is 4.97. The Bertz CT molecular complexity index is 355. The summed E-state index contributed by atoms with van der Waals surface area (Å²) in [5.74, 6) is -0.0488. The number of amides is 1. The predicted molar refractivity (Wildman–Crippen MR) is 57.3 cm³/mol. The zero-order valence-corrected chi connectivity index (χ0v) is 8.40. The fraction of sp³-hybridized carbons (Fsp3) is 0.364. The summed E-state index contributed by atoms with van der Waals surface area (Å²) >= 11 is 0. The quantitative estimate of drug-likeness (QED) is 0.685. The smallest absolute Gasteiger partial charge is 0.246 e. The molecule has 1 aromatic rings. The molecule has 0 spiro atoms. The minimum Gasteiger partial charge on any atom is -0.399 e. The molecule has 15 heavy (non-hydrogen) atoms. The normalized spacial score (nSPS) is 21.1. The number of carbonyl (C=O) groups excluding carboxylic acids is 1. The maximum absolute atomic E-state index is 10.9. The number of nitrogens with one attached hydrogen (secondary N) is 1. The maximum Gasteiger partial charge on any atom is 0.246 e. The number of para-hydroxylation sites is 1. The Morgan fingerprint density at radius 1 is 1.47 bits per heavy atom. The maximum atomic E-state index is 10.9. The number of benzene rings is 1. The molecule has 1 unspecified atom stereocenters. The number of morpholine rings is 1. The second kappa shape index (κ2) is 4.31. The molecule has 1 heterocycles. The SMILES string of the molecule is Nc1ccccc1CC1CNC(=O)CO1. The number of hydrogen-bond donors (Lipinski definition) is 2. The highest BCUT2D eigenvalue weighted by Crippen LogP contribution is 2.14. The summed E-state index contributed by atoms with van der Waals surface area (Å²) in [6.07, 6.45) is 0.778. The van der Waals surface area contributed by atoms with Crippen molar-refractivity contribution in [2.24, 2.45) is 0 Å². The molecule has 1 fully saturated rings. The number of ether oxygens (including phenoxy) is 1. The lowest BCUT2D eigenvalue weighted by molar-refractivity contribution is -0.133. The van der Waals surface area contributed by atoms with Gasteiger partial charge in [-0.05, 0) is 11.6 Å². The number of nitrogen functional groups attached to an aromatic ring is 1. The van der Waals surface area contributed by atoms with Gasteiger partial charge in [0, 0.05) is 18.7 Å². The highest BCUT2D eigenvalue weighted by Gasteiger charge is 2.19. The lowest BCUT2D eigenvalue weighted by Crippen LogP contribution is -2.43. The van der Waals surface area contributed by atoms with Crippen molar-refractivity contribution in [1.29, 1.82) is 0 Å². The van der Waals surface area contributed by atoms with E-state index < -0.39 is 0 Å². The van der Waals surface area contributed by atoms with Crippen LogP contribution >= 0.6 is 0 Å². The highest BCUT2D eigenvalue weighted by molar-refractivity contribution is 5.77. The number of carbonyl (C=O) groups is 1. The van der Waals surface area contributed by atoms with Gasteiger partial charge in [-0.15, -0.1) is 0 Å². The molecule has 80 valence electrons. The van der Waals surface area contributed by atoms with Gasteiger partial charge in [0.05, 0.1) is 6.10 Å². The molecule has 1 aromatic carbocycles. The van der Waals surface area contributed by atoms with Crippen molar-refractivity contribution in [2.75, 3.05) is 18.9 Å². The van der Waals surface area contributed by atoms with Crippen LogP contribution in [-0.2, 0) is 16.0 Å². The van der Waals surface area contributed by atoms with E-state index in [1.165, 1.54) is 0 Å². The van der Waals surface area contributed by atoms with E-state index in [4.69, 9.17) is 10.5 Å². The molecule has 3 N–H and O–H groups in total. The second-order valence-corrected chi connectivity index (χ2v) is 3.64. The Labute approximate surface area is 88.4 Å². The Balaban J connectivity index is 1.97. The number of anilines is 1. The van der Waals surface area contributed by atoms with Gasteiger partial charge in [-0.3, -0.25) is 4.79 Å². The minimum absolute atomic E-state index is 0.0346. The van der Waals surface area contributed by atoms with Crippen LogP contribution in [-0.4, -0.2) is 25.2 Å². The van der Waals surface area contributed by atoms with Crippen LogP contribution in [0.5, 0.6) is 0 Å². The van der Waals surface area contributed by atoms with Gasteiger partial charge < -0.3 is 15.8 Å². The van der Waals surface area contributed by atoms with E-state index in [1.54, 1.807) is 0 Å². The standard InChI is InChI=1S/C11H14N2O2/c12-10-4-2-1-3-8(10)5-9-6-13-11(14)7-15-9/h1-4,9H,5-7,12H2,(H,13,14). The first kappa shape index (κ1) is 9.98. The molecule has 0 bridgehead atoms. The first-order chi connectivity index (χ1) is 7.25. The van der Waals surface area contributed by atoms with Crippen molar-refractivity contribution in [1.82, 2.24) is 5.32 Å². The molecule has 0 saturated carbocycles. The monoisotopic (exact) mass is 206 g/mol. The third-order valence-electron chi connectivity index (χ3n) is 2.48. The summed E-state index contributed by atoms with van der Waals surface area (Å²) in [6.45, 7) is 0.713. The average Bonchev–Trinajstić information content (AvgIpc) is 2.25. The van der Waals surface area contributed by atoms with E-state index in [0.717, 1.165) is 17.7 Å². The van der Waals surface area contributed by atoms with Crippen molar-refractivity contribution in [2.45, 2.75) is 12.5 Å². The van der Waals surface area contributed by atoms with Crippen LogP contribution in [0.3, 0.4) is 0 Å². The lowest BCUT2D eigenvalue weighted by Gasteiger charge is -2.23. The predicted octanol–water partition coefficient (Wildman–Crippen LogP) is 0.326. The van der Waals surface area contributed by atoms with E-state index in [0.29, 0.717) is 6.54 Å². The summed E-state index contributed by atoms with van der Waals surface area (Å²) in [5.41, 5.74) is 7.67. The Morgan fingerprint density at radius 2 is 2.27 bits per heavy atom. The molecule has 0 aliphatic carbocycles. The third-order valence-corrected chi connectivity index (χ3v) is 2.48. The topological polar surface area (TPSA) is 64.3 Å². The van der Waals surface area contributed by atoms with E-state index in [1.807, 2.05) is 24.3 Å². The Kier molecular flexibility index (Phi) is 2.87. The van der Waals surface area contributed by atoms with Gasteiger partial charge >= 0.3 is 0 Å². The van der Waals surface area contributed by atoms with E-state index in [-0.39, 0.29) is 18.6 Å². The average molecular weight is 206 g/mol. The summed E-state index contributed by atoms with van der Waals surface area (Å²) in [6, 6.07) is 7.71. The van der Waals surface area contributed by atoms with E-state index in [9.17, 15) is 4.79 Å². The molecule has 1 amide bonds. The van der Waals surface area contributed by atoms with Crippen molar-refractivity contribution in [3.05, 3.63) is 29.8 Å². The number of nitrogens with two attached hydrogens (primary N) is 1. The van der Waals surface area contributed by atoms with Gasteiger partial charge in [-0.2, -0.15) is 0 Å². The van der Waals surface area contributed by atoms with Crippen molar-refractivity contribution in [3.63, 3.8) is 0 Å². The van der Waals surface area contributed by atoms with Crippen LogP contribution in [0.2, 0.25) is 0 Å². The Morgan fingerprint density at radius 3 is 2.93 bits per heavy atom. The van der Waals surface area contributed by atoms with Crippen LogP contribution < -0.4 is 11.1 Å². The third kappa shape index (κ3) is 2.47. The highest BCUT2D eigenvalue weighted by atomic mass is 16.5. The van der Waals surface area contributed by atoms with Gasteiger partial charge in [-0.1, -0.05) is 18.2 Å². The first-order valence-corrected chi connectivity index (χ1v) is 4.97. The molecule has 1 saturated heterocycles. The molecule has 0 aromatic heterocycles. The van der Waals surface area contributed by atoms with Crippen molar-refractivity contribution < 1.29 is 9.53 Å². The largest absolute Gasteiger partial charge is 0.399 e. The molecular formula is C11H14N2O2. The van der Waals surface area contributed by atoms with Crippen LogP contribution in [0.4, 0.5) is 5.69 Å². The zero-order chi connectivity index (χ0) is 10.7. The molecule has 1 atom stereocenters. The fourth-order valence-corrected chi connectivity index (χ4v) is 1.63. The zero-order valence-electron chi connectivity index (χ0n) is 8.40. The summed E-state index contributed by atoms with van der Waals surface area (Å²) in [5, 5.41) is 2.77.